The van der Waals surface area contributed by atoms with E-state index in [0.717, 1.165) is 16.7 Å². The van der Waals surface area contributed by atoms with Crippen LogP contribution < -0.4 is 10.1 Å². The van der Waals surface area contributed by atoms with Crippen molar-refractivity contribution in [2.45, 2.75) is 13.1 Å². The maximum Gasteiger partial charge on any atom is 0.246 e. The monoisotopic (exact) mass is 471 g/mol. The Morgan fingerprint density at radius 1 is 1.00 bits per heavy atom. The standard InChI is InChI=1S/C24H21N7O2S/c1-33-19-11-7-8-17(14-19)25-23(32)16-30-24(34)31(18-9-3-2-4-10-18)22(27-30)15-29-21-13-6-5-12-20(21)26-28-29/h2-14H,15-16H2,1H3,(H,25,32). The first-order valence-corrected chi connectivity index (χ1v) is 11.0. The number of para-hydroxylation sites is 2. The van der Waals surface area contributed by atoms with Gasteiger partial charge in [-0.05, 0) is 48.6 Å². The Balaban J connectivity index is 1.48. The quantitative estimate of drug-likeness (QED) is 0.363. The molecule has 9 nitrogen and oxygen atoms in total. The minimum absolute atomic E-state index is 0.0407. The molecule has 2 aromatic heterocycles. The second-order valence-electron chi connectivity index (χ2n) is 7.54. The van der Waals surface area contributed by atoms with Gasteiger partial charge in [-0.1, -0.05) is 41.6 Å². The molecule has 0 fully saturated rings. The highest BCUT2D eigenvalue weighted by atomic mass is 32.1. The Morgan fingerprint density at radius 3 is 2.62 bits per heavy atom. The molecule has 3 aromatic carbocycles. The van der Waals surface area contributed by atoms with E-state index in [1.165, 1.54) is 4.68 Å². The lowest BCUT2D eigenvalue weighted by atomic mass is 10.3. The van der Waals surface area contributed by atoms with E-state index in [0.29, 0.717) is 28.6 Å². The third-order valence-corrected chi connectivity index (χ3v) is 5.67. The van der Waals surface area contributed by atoms with Crippen LogP contribution in [0.3, 0.4) is 0 Å². The summed E-state index contributed by atoms with van der Waals surface area (Å²) in [7, 11) is 1.58. The van der Waals surface area contributed by atoms with Gasteiger partial charge < -0.3 is 10.1 Å². The van der Waals surface area contributed by atoms with Crippen molar-refractivity contribution in [2.75, 3.05) is 12.4 Å². The molecule has 34 heavy (non-hydrogen) atoms. The summed E-state index contributed by atoms with van der Waals surface area (Å²) in [5.41, 5.74) is 3.17. The molecule has 1 N–H and O–H groups in total. The van der Waals surface area contributed by atoms with Gasteiger partial charge >= 0.3 is 0 Å². The molecule has 0 spiro atoms. The maximum absolute atomic E-state index is 12.8. The lowest BCUT2D eigenvalue weighted by Crippen LogP contribution is -2.20. The maximum atomic E-state index is 12.8. The molecule has 2 heterocycles. The molecule has 0 atom stereocenters. The third kappa shape index (κ3) is 4.30. The zero-order valence-electron chi connectivity index (χ0n) is 18.3. The highest BCUT2D eigenvalue weighted by molar-refractivity contribution is 7.71. The number of benzene rings is 3. The van der Waals surface area contributed by atoms with Gasteiger partial charge in [0.15, 0.2) is 5.82 Å². The summed E-state index contributed by atoms with van der Waals surface area (Å²) in [5.74, 6) is 1.05. The SMILES string of the molecule is COc1cccc(NC(=O)Cn2nc(Cn3nnc4ccccc43)n(-c3ccccc3)c2=S)c1. The molecule has 0 unspecified atom stereocenters. The summed E-state index contributed by atoms with van der Waals surface area (Å²) in [6.07, 6.45) is 0. The molecule has 0 aliphatic heterocycles. The van der Waals surface area contributed by atoms with E-state index in [2.05, 4.69) is 20.7 Å². The van der Waals surface area contributed by atoms with Crippen molar-refractivity contribution in [1.82, 2.24) is 29.3 Å². The number of anilines is 1. The van der Waals surface area contributed by atoms with E-state index in [1.807, 2.05) is 71.3 Å². The first-order chi connectivity index (χ1) is 16.6. The predicted molar refractivity (Wildman–Crippen MR) is 131 cm³/mol. The second-order valence-corrected chi connectivity index (χ2v) is 7.91. The average molecular weight is 472 g/mol. The summed E-state index contributed by atoms with van der Waals surface area (Å²) in [4.78, 5) is 12.8. The van der Waals surface area contributed by atoms with Crippen LogP contribution in [0, 0.1) is 4.77 Å². The smallest absolute Gasteiger partial charge is 0.246 e. The number of ether oxygens (including phenoxy) is 1. The molecular formula is C24H21N7O2S. The topological polar surface area (TPSA) is 91.8 Å². The van der Waals surface area contributed by atoms with Gasteiger partial charge in [-0.25, -0.2) is 9.36 Å². The minimum atomic E-state index is -0.250. The summed E-state index contributed by atoms with van der Waals surface area (Å²) in [6, 6.07) is 24.6. The van der Waals surface area contributed by atoms with Crippen LogP contribution in [0.1, 0.15) is 5.82 Å². The molecule has 0 aliphatic rings. The number of hydrogen-bond donors (Lipinski definition) is 1. The lowest BCUT2D eigenvalue weighted by molar-refractivity contribution is -0.116. The molecule has 10 heteroatoms. The first kappa shape index (κ1) is 21.5. The molecular weight excluding hydrogens is 450 g/mol. The van der Waals surface area contributed by atoms with Gasteiger partial charge in [0, 0.05) is 17.4 Å². The van der Waals surface area contributed by atoms with Crippen LogP contribution in [0.2, 0.25) is 0 Å². The number of rotatable bonds is 7. The van der Waals surface area contributed by atoms with Crippen molar-refractivity contribution in [1.29, 1.82) is 0 Å². The Bertz CT molecular complexity index is 1520. The van der Waals surface area contributed by atoms with Crippen LogP contribution in [0.4, 0.5) is 5.69 Å². The van der Waals surface area contributed by atoms with Crippen LogP contribution >= 0.6 is 12.2 Å². The van der Waals surface area contributed by atoms with Gasteiger partial charge in [-0.15, -0.1) is 5.10 Å². The van der Waals surface area contributed by atoms with Gasteiger partial charge in [0.2, 0.25) is 10.7 Å². The van der Waals surface area contributed by atoms with Crippen molar-refractivity contribution in [2.24, 2.45) is 0 Å². The Hall–Kier alpha value is -4.31. The summed E-state index contributed by atoms with van der Waals surface area (Å²) >= 11 is 5.73. The van der Waals surface area contributed by atoms with Gasteiger partial charge in [0.1, 0.15) is 24.4 Å². The fraction of sp³-hybridized carbons (Fsp3) is 0.125. The molecule has 0 bridgehead atoms. The van der Waals surface area contributed by atoms with Crippen LogP contribution in [-0.4, -0.2) is 42.4 Å². The van der Waals surface area contributed by atoms with Crippen molar-refractivity contribution < 1.29 is 9.53 Å². The number of methoxy groups -OCH3 is 1. The van der Waals surface area contributed by atoms with E-state index in [4.69, 9.17) is 17.0 Å². The summed E-state index contributed by atoms with van der Waals surface area (Å²) in [6.45, 7) is 0.296. The number of hydrogen-bond acceptors (Lipinski definition) is 6. The van der Waals surface area contributed by atoms with Gasteiger partial charge in [0.25, 0.3) is 0 Å². The Kier molecular flexibility index (Phi) is 5.88. The summed E-state index contributed by atoms with van der Waals surface area (Å²) < 4.78 is 10.8. The van der Waals surface area contributed by atoms with E-state index >= 15 is 0 Å². The van der Waals surface area contributed by atoms with Crippen molar-refractivity contribution in [3.63, 3.8) is 0 Å². The van der Waals surface area contributed by atoms with Gasteiger partial charge in [0.05, 0.1) is 12.6 Å². The van der Waals surface area contributed by atoms with Crippen molar-refractivity contribution in [3.8, 4) is 11.4 Å². The van der Waals surface area contributed by atoms with Crippen molar-refractivity contribution in [3.05, 3.63) is 89.5 Å². The number of carbonyl (C=O) groups is 1. The molecule has 5 aromatic rings. The van der Waals surface area contributed by atoms with Crippen LogP contribution in [-0.2, 0) is 17.9 Å². The summed E-state index contributed by atoms with van der Waals surface area (Å²) in [5, 5.41) is 16.1. The molecule has 1 amide bonds. The number of nitrogens with zero attached hydrogens (tertiary/aromatic N) is 6. The fourth-order valence-corrected chi connectivity index (χ4v) is 4.02. The highest BCUT2D eigenvalue weighted by Crippen LogP contribution is 2.18. The van der Waals surface area contributed by atoms with E-state index in [-0.39, 0.29) is 12.5 Å². The van der Waals surface area contributed by atoms with Crippen LogP contribution in [0.5, 0.6) is 5.75 Å². The van der Waals surface area contributed by atoms with Gasteiger partial charge in [-0.2, -0.15) is 5.10 Å². The average Bonchev–Trinajstić information content (AvgIpc) is 3.40. The third-order valence-electron chi connectivity index (χ3n) is 5.28. The molecule has 0 saturated carbocycles. The highest BCUT2D eigenvalue weighted by Gasteiger charge is 2.17. The normalized spacial score (nSPS) is 11.0. The number of nitrogens with one attached hydrogen (secondary N) is 1. The Morgan fingerprint density at radius 2 is 1.79 bits per heavy atom. The van der Waals surface area contributed by atoms with E-state index in [9.17, 15) is 4.79 Å². The zero-order chi connectivity index (χ0) is 23.5. The number of amides is 1. The van der Waals surface area contributed by atoms with Crippen LogP contribution in [0.15, 0.2) is 78.9 Å². The lowest BCUT2D eigenvalue weighted by Gasteiger charge is -2.07. The molecule has 5 rings (SSSR count). The molecule has 170 valence electrons. The van der Waals surface area contributed by atoms with E-state index in [1.54, 1.807) is 23.9 Å². The van der Waals surface area contributed by atoms with E-state index < -0.39 is 0 Å². The van der Waals surface area contributed by atoms with Crippen molar-refractivity contribution >= 4 is 34.8 Å². The zero-order valence-corrected chi connectivity index (χ0v) is 19.1. The number of carbonyl (C=O) groups excluding carboxylic acids is 1. The number of fused-ring (bicyclic) bond motifs is 1. The minimum Gasteiger partial charge on any atom is -0.497 e. The number of aromatic nitrogens is 6. The fourth-order valence-electron chi connectivity index (χ4n) is 3.70. The molecule has 0 aliphatic carbocycles. The van der Waals surface area contributed by atoms with Gasteiger partial charge in [-0.3, -0.25) is 9.36 Å². The second kappa shape index (κ2) is 9.28. The predicted octanol–water partition coefficient (Wildman–Crippen LogP) is 3.84. The Labute approximate surface area is 200 Å². The first-order valence-electron chi connectivity index (χ1n) is 10.6. The largest absolute Gasteiger partial charge is 0.497 e. The molecule has 0 radical (unpaired) electrons. The molecule has 0 saturated heterocycles. The van der Waals surface area contributed by atoms with Crippen LogP contribution in [0.25, 0.3) is 16.7 Å².